The molecule has 3 rings (SSSR count). The van der Waals surface area contributed by atoms with Crippen LogP contribution in [0.25, 0.3) is 0 Å². The molecular weight excluding hydrogens is 248 g/mol. The molecule has 2 aliphatic rings. The van der Waals surface area contributed by atoms with E-state index < -0.39 is 0 Å². The average molecular weight is 266 g/mol. The first kappa shape index (κ1) is 11.8. The lowest BCUT2D eigenvalue weighted by Crippen LogP contribution is -2.27. The third kappa shape index (κ3) is 2.43. The van der Waals surface area contributed by atoms with E-state index in [-0.39, 0.29) is 5.91 Å². The zero-order valence-corrected chi connectivity index (χ0v) is 11.1. The smallest absolute Gasteiger partial charge is 0.258 e. The first-order valence-electron chi connectivity index (χ1n) is 6.54. The zero-order chi connectivity index (χ0) is 12.5. The van der Waals surface area contributed by atoms with Gasteiger partial charge >= 0.3 is 0 Å². The highest BCUT2D eigenvalue weighted by molar-refractivity contribution is 7.11. The molecule has 0 radical (unpaired) electrons. The molecule has 0 bridgehead atoms. The number of carbonyl (C=O) groups is 1. The minimum Gasteiger partial charge on any atom is -0.382 e. The van der Waals surface area contributed by atoms with Crippen molar-refractivity contribution < 1.29 is 4.79 Å². The normalized spacial score (nSPS) is 19.3. The van der Waals surface area contributed by atoms with E-state index in [9.17, 15) is 4.79 Å². The minimum atomic E-state index is -0.0835. The molecule has 2 saturated carbocycles. The van der Waals surface area contributed by atoms with E-state index in [0.29, 0.717) is 17.4 Å². The Morgan fingerprint density at radius 2 is 2.17 bits per heavy atom. The highest BCUT2D eigenvalue weighted by Crippen LogP contribution is 2.31. The summed E-state index contributed by atoms with van der Waals surface area (Å²) in [5.74, 6) is 1.00. The summed E-state index contributed by atoms with van der Waals surface area (Å²) in [6.07, 6.45) is 6.05. The first-order valence-corrected chi connectivity index (χ1v) is 7.31. The van der Waals surface area contributed by atoms with E-state index in [1.165, 1.54) is 30.8 Å². The molecule has 1 aromatic heterocycles. The summed E-state index contributed by atoms with van der Waals surface area (Å²) in [5.41, 5.74) is 6.32. The lowest BCUT2D eigenvalue weighted by molar-refractivity contribution is 0.0953. The Morgan fingerprint density at radius 1 is 1.39 bits per heavy atom. The van der Waals surface area contributed by atoms with Crippen LogP contribution in [0.5, 0.6) is 0 Å². The van der Waals surface area contributed by atoms with E-state index in [0.717, 1.165) is 30.3 Å². The van der Waals surface area contributed by atoms with E-state index in [1.807, 2.05) is 0 Å². The second-order valence-electron chi connectivity index (χ2n) is 5.20. The van der Waals surface area contributed by atoms with Gasteiger partial charge in [-0.2, -0.15) is 4.37 Å². The summed E-state index contributed by atoms with van der Waals surface area (Å²) in [4.78, 5) is 12.1. The molecule has 1 aromatic rings. The van der Waals surface area contributed by atoms with Gasteiger partial charge < -0.3 is 16.4 Å². The Morgan fingerprint density at radius 3 is 2.78 bits per heavy atom. The Labute approximate surface area is 110 Å². The Hall–Kier alpha value is -1.30. The summed E-state index contributed by atoms with van der Waals surface area (Å²) in [5, 5.41) is 7.10. The monoisotopic (exact) mass is 266 g/mol. The largest absolute Gasteiger partial charge is 0.382 e. The van der Waals surface area contributed by atoms with Crippen LogP contribution in [-0.2, 0) is 0 Å². The number of nitrogen functional groups attached to an aromatic ring is 1. The number of amides is 1. The maximum absolute atomic E-state index is 12.1. The molecule has 1 amide bonds. The van der Waals surface area contributed by atoms with Crippen LogP contribution in [0.1, 0.15) is 42.5 Å². The predicted octanol–water partition coefficient (Wildman–Crippen LogP) is 1.83. The van der Waals surface area contributed by atoms with Crippen LogP contribution in [-0.4, -0.2) is 22.9 Å². The number of hydrogen-bond acceptors (Lipinski definition) is 5. The molecule has 2 aliphatic carbocycles. The molecule has 5 nitrogen and oxygen atoms in total. The van der Waals surface area contributed by atoms with Gasteiger partial charge in [-0.25, -0.2) is 0 Å². The van der Waals surface area contributed by atoms with Crippen molar-refractivity contribution in [3.8, 4) is 0 Å². The lowest BCUT2D eigenvalue weighted by Gasteiger charge is -2.25. The SMILES string of the molecule is Nc1nsc(NCC2CCC2)c1C(=O)NC1CC1. The van der Waals surface area contributed by atoms with Gasteiger partial charge in [0.2, 0.25) is 0 Å². The van der Waals surface area contributed by atoms with Crippen molar-refractivity contribution >= 4 is 28.3 Å². The first-order chi connectivity index (χ1) is 8.74. The number of nitrogens with one attached hydrogen (secondary N) is 2. The Bertz CT molecular complexity index is 451. The molecule has 0 atom stereocenters. The van der Waals surface area contributed by atoms with Crippen molar-refractivity contribution in [3.63, 3.8) is 0 Å². The van der Waals surface area contributed by atoms with Crippen molar-refractivity contribution in [1.29, 1.82) is 0 Å². The van der Waals surface area contributed by atoms with Crippen LogP contribution in [0.4, 0.5) is 10.8 Å². The molecule has 0 saturated heterocycles. The molecule has 0 aromatic carbocycles. The molecular formula is C12H18N4OS. The molecule has 1 heterocycles. The highest BCUT2D eigenvalue weighted by Gasteiger charge is 2.27. The molecule has 6 heteroatoms. The number of carbonyl (C=O) groups excluding carboxylic acids is 1. The summed E-state index contributed by atoms with van der Waals surface area (Å²) < 4.78 is 4.08. The summed E-state index contributed by atoms with van der Waals surface area (Å²) in [6.45, 7) is 0.922. The quantitative estimate of drug-likeness (QED) is 0.759. The maximum Gasteiger partial charge on any atom is 0.258 e. The molecule has 0 aliphatic heterocycles. The Kier molecular flexibility index (Phi) is 3.11. The second kappa shape index (κ2) is 4.76. The number of nitrogens with two attached hydrogens (primary N) is 1. The molecule has 0 unspecified atom stereocenters. The number of aromatic nitrogens is 1. The topological polar surface area (TPSA) is 80.0 Å². The van der Waals surface area contributed by atoms with E-state index >= 15 is 0 Å². The predicted molar refractivity (Wildman–Crippen MR) is 72.8 cm³/mol. The summed E-state index contributed by atoms with van der Waals surface area (Å²) >= 11 is 1.28. The zero-order valence-electron chi connectivity index (χ0n) is 10.2. The lowest BCUT2D eigenvalue weighted by atomic mass is 9.85. The van der Waals surface area contributed by atoms with E-state index in [2.05, 4.69) is 15.0 Å². The molecule has 0 spiro atoms. The summed E-state index contributed by atoms with van der Waals surface area (Å²) in [7, 11) is 0. The van der Waals surface area contributed by atoms with Crippen LogP contribution in [0.3, 0.4) is 0 Å². The summed E-state index contributed by atoms with van der Waals surface area (Å²) in [6, 6.07) is 0.344. The average Bonchev–Trinajstić information content (AvgIpc) is 3.00. The molecule has 98 valence electrons. The number of nitrogens with zero attached hydrogens (tertiary/aromatic N) is 1. The van der Waals surface area contributed by atoms with Crippen molar-refractivity contribution in [3.05, 3.63) is 5.56 Å². The number of rotatable bonds is 5. The minimum absolute atomic E-state index is 0.0835. The standard InChI is InChI=1S/C12H18N4OS/c13-10-9(11(17)15-8-4-5-8)12(18-16-10)14-6-7-2-1-3-7/h7-8,14H,1-6H2,(H2,13,16)(H,15,17). The van der Waals surface area contributed by atoms with Crippen molar-refractivity contribution in [1.82, 2.24) is 9.69 Å². The third-order valence-electron chi connectivity index (χ3n) is 3.63. The van der Waals surface area contributed by atoms with Gasteiger partial charge in [0, 0.05) is 12.6 Å². The molecule has 2 fully saturated rings. The van der Waals surface area contributed by atoms with Gasteiger partial charge in [0.05, 0.1) is 0 Å². The molecule has 4 N–H and O–H groups in total. The fourth-order valence-corrected chi connectivity index (χ4v) is 2.78. The van der Waals surface area contributed by atoms with Crippen LogP contribution < -0.4 is 16.4 Å². The number of anilines is 2. The van der Waals surface area contributed by atoms with Crippen molar-refractivity contribution in [2.24, 2.45) is 5.92 Å². The van der Waals surface area contributed by atoms with Gasteiger partial charge in [-0.3, -0.25) is 4.79 Å². The highest BCUT2D eigenvalue weighted by atomic mass is 32.1. The van der Waals surface area contributed by atoms with Gasteiger partial charge in [-0.05, 0) is 43.1 Å². The van der Waals surface area contributed by atoms with Crippen molar-refractivity contribution in [2.75, 3.05) is 17.6 Å². The third-order valence-corrected chi connectivity index (χ3v) is 4.45. The van der Waals surface area contributed by atoms with Crippen LogP contribution in [0, 0.1) is 5.92 Å². The van der Waals surface area contributed by atoms with Gasteiger partial charge in [0.15, 0.2) is 5.82 Å². The van der Waals surface area contributed by atoms with Crippen molar-refractivity contribution in [2.45, 2.75) is 38.1 Å². The molecule has 18 heavy (non-hydrogen) atoms. The number of hydrogen-bond donors (Lipinski definition) is 3. The van der Waals surface area contributed by atoms with Gasteiger partial charge in [0.1, 0.15) is 10.6 Å². The maximum atomic E-state index is 12.1. The Balaban J connectivity index is 1.66. The van der Waals surface area contributed by atoms with E-state index in [1.54, 1.807) is 0 Å². The second-order valence-corrected chi connectivity index (χ2v) is 5.97. The van der Waals surface area contributed by atoms with Crippen LogP contribution in [0.15, 0.2) is 0 Å². The van der Waals surface area contributed by atoms with Gasteiger partial charge in [-0.1, -0.05) is 6.42 Å². The fourth-order valence-electron chi connectivity index (χ4n) is 2.06. The van der Waals surface area contributed by atoms with E-state index in [4.69, 9.17) is 5.73 Å². The van der Waals surface area contributed by atoms with Gasteiger partial charge in [0.25, 0.3) is 5.91 Å². The van der Waals surface area contributed by atoms with Crippen LogP contribution >= 0.6 is 11.5 Å². The van der Waals surface area contributed by atoms with Crippen LogP contribution in [0.2, 0.25) is 0 Å². The van der Waals surface area contributed by atoms with Gasteiger partial charge in [-0.15, -0.1) is 0 Å². The fraction of sp³-hybridized carbons (Fsp3) is 0.667.